The van der Waals surface area contributed by atoms with Crippen LogP contribution < -0.4 is 15.4 Å². The molecule has 2 rings (SSSR count). The van der Waals surface area contributed by atoms with Crippen molar-refractivity contribution in [1.82, 2.24) is 5.32 Å². The van der Waals surface area contributed by atoms with Crippen molar-refractivity contribution in [2.45, 2.75) is 26.8 Å². The monoisotopic (exact) mass is 358 g/mol. The summed E-state index contributed by atoms with van der Waals surface area (Å²) in [5.74, 6) is -0.528. The quantitative estimate of drug-likeness (QED) is 0.794. The van der Waals surface area contributed by atoms with Gasteiger partial charge in [0.2, 0.25) is 5.91 Å². The zero-order valence-electron chi connectivity index (χ0n) is 15.1. The maximum Gasteiger partial charge on any atom is 0.251 e. The van der Waals surface area contributed by atoms with Crippen molar-refractivity contribution >= 4 is 17.5 Å². The summed E-state index contributed by atoms with van der Waals surface area (Å²) in [6.07, 6.45) is 0. The predicted molar refractivity (Wildman–Crippen MR) is 98.7 cm³/mol. The second-order valence-electron chi connectivity index (χ2n) is 6.15. The van der Waals surface area contributed by atoms with E-state index in [-0.39, 0.29) is 23.5 Å². The zero-order valence-corrected chi connectivity index (χ0v) is 15.1. The number of carbonyl (C=O) groups excluding carboxylic acids is 2. The second kappa shape index (κ2) is 8.99. The van der Waals surface area contributed by atoms with Gasteiger partial charge in [-0.05, 0) is 61.4 Å². The van der Waals surface area contributed by atoms with Crippen LogP contribution in [0.4, 0.5) is 10.1 Å². The van der Waals surface area contributed by atoms with E-state index in [0.717, 1.165) is 0 Å². The molecule has 2 aromatic rings. The van der Waals surface area contributed by atoms with Crippen LogP contribution in [0.15, 0.2) is 48.5 Å². The van der Waals surface area contributed by atoms with Gasteiger partial charge >= 0.3 is 0 Å². The lowest BCUT2D eigenvalue weighted by molar-refractivity contribution is -0.118. The molecule has 2 N–H and O–H groups in total. The Morgan fingerprint density at radius 3 is 2.19 bits per heavy atom. The number of halogens is 1. The lowest BCUT2D eigenvalue weighted by Gasteiger charge is -2.22. The molecule has 6 heteroatoms. The third kappa shape index (κ3) is 5.31. The predicted octanol–water partition coefficient (Wildman–Crippen LogP) is 3.62. The van der Waals surface area contributed by atoms with Crippen LogP contribution in [-0.4, -0.2) is 24.5 Å². The van der Waals surface area contributed by atoms with Gasteiger partial charge in [0.1, 0.15) is 17.6 Å². The van der Waals surface area contributed by atoms with Crippen LogP contribution in [0.5, 0.6) is 5.75 Å². The second-order valence-corrected chi connectivity index (χ2v) is 6.15. The Bertz CT molecular complexity index is 743. The van der Waals surface area contributed by atoms with Gasteiger partial charge in [-0.25, -0.2) is 4.39 Å². The van der Waals surface area contributed by atoms with Crippen molar-refractivity contribution in [3.63, 3.8) is 0 Å². The Labute approximate surface area is 152 Å². The fraction of sp³-hybridized carbons (Fsp3) is 0.300. The molecule has 138 valence electrons. The van der Waals surface area contributed by atoms with Gasteiger partial charge < -0.3 is 15.4 Å². The van der Waals surface area contributed by atoms with Crippen LogP contribution in [0, 0.1) is 11.7 Å². The molecule has 1 atom stereocenters. The molecular formula is C20H23FN2O3. The number of rotatable bonds is 7. The third-order valence-corrected chi connectivity index (χ3v) is 3.78. The summed E-state index contributed by atoms with van der Waals surface area (Å²) >= 11 is 0. The van der Waals surface area contributed by atoms with Crippen LogP contribution >= 0.6 is 0 Å². The summed E-state index contributed by atoms with van der Waals surface area (Å²) in [7, 11) is 0. The SMILES string of the molecule is CCOc1ccc(C(=O)N[C@H](C(=O)Nc2ccc(F)cc2)C(C)C)cc1. The van der Waals surface area contributed by atoms with E-state index in [2.05, 4.69) is 10.6 Å². The van der Waals surface area contributed by atoms with E-state index < -0.39 is 6.04 Å². The molecule has 0 unspecified atom stereocenters. The van der Waals surface area contributed by atoms with Gasteiger partial charge in [-0.2, -0.15) is 0 Å². The molecule has 0 saturated heterocycles. The van der Waals surface area contributed by atoms with Crippen molar-refractivity contribution in [2.24, 2.45) is 5.92 Å². The van der Waals surface area contributed by atoms with Gasteiger partial charge in [0, 0.05) is 11.3 Å². The van der Waals surface area contributed by atoms with Crippen LogP contribution in [0.3, 0.4) is 0 Å². The molecule has 0 bridgehead atoms. The van der Waals surface area contributed by atoms with E-state index in [1.165, 1.54) is 24.3 Å². The minimum Gasteiger partial charge on any atom is -0.494 e. The minimum absolute atomic E-state index is 0.123. The molecule has 0 aromatic heterocycles. The number of amides is 2. The zero-order chi connectivity index (χ0) is 19.1. The average Bonchev–Trinajstić information content (AvgIpc) is 2.62. The van der Waals surface area contributed by atoms with Crippen molar-refractivity contribution < 1.29 is 18.7 Å². The van der Waals surface area contributed by atoms with Gasteiger partial charge in [-0.1, -0.05) is 13.8 Å². The number of ether oxygens (including phenoxy) is 1. The lowest BCUT2D eigenvalue weighted by atomic mass is 10.0. The first-order valence-electron chi connectivity index (χ1n) is 8.51. The molecule has 0 saturated carbocycles. The van der Waals surface area contributed by atoms with Crippen molar-refractivity contribution in [2.75, 3.05) is 11.9 Å². The van der Waals surface area contributed by atoms with Crippen molar-refractivity contribution in [1.29, 1.82) is 0 Å². The highest BCUT2D eigenvalue weighted by molar-refractivity contribution is 6.01. The van der Waals surface area contributed by atoms with Crippen molar-refractivity contribution in [3.05, 3.63) is 59.9 Å². The Morgan fingerprint density at radius 2 is 1.65 bits per heavy atom. The molecule has 0 spiro atoms. The molecule has 2 amide bonds. The van der Waals surface area contributed by atoms with E-state index in [9.17, 15) is 14.0 Å². The third-order valence-electron chi connectivity index (χ3n) is 3.78. The van der Waals surface area contributed by atoms with E-state index in [1.54, 1.807) is 24.3 Å². The Hall–Kier alpha value is -2.89. The van der Waals surface area contributed by atoms with Crippen LogP contribution in [0.2, 0.25) is 0 Å². The molecular weight excluding hydrogens is 335 g/mol. The summed E-state index contributed by atoms with van der Waals surface area (Å²) < 4.78 is 18.3. The summed E-state index contributed by atoms with van der Waals surface area (Å²) in [6.45, 7) is 6.11. The maximum atomic E-state index is 13.0. The van der Waals surface area contributed by atoms with E-state index in [1.807, 2.05) is 20.8 Å². The largest absolute Gasteiger partial charge is 0.494 e. The number of hydrogen-bond acceptors (Lipinski definition) is 3. The van der Waals surface area contributed by atoms with E-state index >= 15 is 0 Å². The van der Waals surface area contributed by atoms with Gasteiger partial charge in [0.15, 0.2) is 0 Å². The van der Waals surface area contributed by atoms with Gasteiger partial charge in [0.05, 0.1) is 6.61 Å². The van der Waals surface area contributed by atoms with E-state index in [0.29, 0.717) is 23.6 Å². The Balaban J connectivity index is 2.05. The molecule has 0 radical (unpaired) electrons. The summed E-state index contributed by atoms with van der Waals surface area (Å²) in [5, 5.41) is 5.44. The first kappa shape index (κ1) is 19.4. The maximum absolute atomic E-state index is 13.0. The highest BCUT2D eigenvalue weighted by Gasteiger charge is 2.24. The molecule has 26 heavy (non-hydrogen) atoms. The normalized spacial score (nSPS) is 11.7. The van der Waals surface area contributed by atoms with E-state index in [4.69, 9.17) is 4.74 Å². The highest BCUT2D eigenvalue weighted by atomic mass is 19.1. The number of benzene rings is 2. The summed E-state index contributed by atoms with van der Waals surface area (Å²) in [4.78, 5) is 25.0. The lowest BCUT2D eigenvalue weighted by Crippen LogP contribution is -2.47. The highest BCUT2D eigenvalue weighted by Crippen LogP contribution is 2.14. The molecule has 5 nitrogen and oxygen atoms in total. The fourth-order valence-corrected chi connectivity index (χ4v) is 2.38. The number of nitrogens with one attached hydrogen (secondary N) is 2. The first-order chi connectivity index (χ1) is 12.4. The van der Waals surface area contributed by atoms with Crippen molar-refractivity contribution in [3.8, 4) is 5.75 Å². The Kier molecular flexibility index (Phi) is 6.72. The molecule has 0 heterocycles. The van der Waals surface area contributed by atoms with Crippen LogP contribution in [-0.2, 0) is 4.79 Å². The first-order valence-corrected chi connectivity index (χ1v) is 8.51. The topological polar surface area (TPSA) is 67.4 Å². The molecule has 0 aliphatic carbocycles. The van der Waals surface area contributed by atoms with Gasteiger partial charge in [0.25, 0.3) is 5.91 Å². The number of anilines is 1. The Morgan fingerprint density at radius 1 is 1.04 bits per heavy atom. The smallest absolute Gasteiger partial charge is 0.251 e. The fourth-order valence-electron chi connectivity index (χ4n) is 2.38. The number of hydrogen-bond donors (Lipinski definition) is 2. The number of carbonyl (C=O) groups is 2. The van der Waals surface area contributed by atoms with Gasteiger partial charge in [-0.15, -0.1) is 0 Å². The van der Waals surface area contributed by atoms with Crippen LogP contribution in [0.25, 0.3) is 0 Å². The molecule has 0 aliphatic heterocycles. The minimum atomic E-state index is -0.723. The van der Waals surface area contributed by atoms with Gasteiger partial charge in [-0.3, -0.25) is 9.59 Å². The molecule has 0 fully saturated rings. The summed E-state index contributed by atoms with van der Waals surface area (Å²) in [6, 6.07) is 11.5. The summed E-state index contributed by atoms with van der Waals surface area (Å²) in [5.41, 5.74) is 0.908. The standard InChI is InChI=1S/C20H23FN2O3/c1-4-26-17-11-5-14(6-12-17)19(24)23-18(13(2)3)20(25)22-16-9-7-15(21)8-10-16/h5-13,18H,4H2,1-3H3,(H,22,25)(H,23,24)/t18-/m0/s1. The average molecular weight is 358 g/mol. The molecule has 2 aromatic carbocycles. The molecule has 0 aliphatic rings. The van der Waals surface area contributed by atoms with Crippen LogP contribution in [0.1, 0.15) is 31.1 Å².